The molecule has 7 nitrogen and oxygen atoms in total. The maximum Gasteiger partial charge on any atom is 0.317 e. The van der Waals surface area contributed by atoms with Gasteiger partial charge in [-0.25, -0.2) is 9.97 Å². The second kappa shape index (κ2) is 7.60. The molecule has 1 saturated carbocycles. The number of fused-ring (bicyclic) bond motifs is 1. The molecule has 0 amide bonds. The Balaban J connectivity index is 1.48. The fraction of sp³-hybridized carbons (Fsp3) is 0.500. The Bertz CT molecular complexity index is 821. The molecule has 2 aromatic rings. The molecule has 0 unspecified atom stereocenters. The maximum atomic E-state index is 11.0. The van der Waals surface area contributed by atoms with Crippen molar-refractivity contribution in [2.75, 3.05) is 18.4 Å². The molecule has 0 saturated heterocycles. The molecule has 2 N–H and O–H groups in total. The fourth-order valence-corrected chi connectivity index (χ4v) is 4.03. The fourth-order valence-electron chi connectivity index (χ4n) is 4.03. The number of hydrogen-bond acceptors (Lipinski definition) is 6. The van der Waals surface area contributed by atoms with Gasteiger partial charge >= 0.3 is 5.97 Å². The van der Waals surface area contributed by atoms with E-state index in [1.54, 1.807) is 6.20 Å². The molecule has 2 heterocycles. The SMILES string of the molecule is CCN(CC(=O)O)C1CC(Nc2nc(-c3ccccn3)nc3c2CCC3)C1. The second-order valence-corrected chi connectivity index (χ2v) is 7.31. The summed E-state index contributed by atoms with van der Waals surface area (Å²) in [6.07, 6.45) is 6.76. The third-order valence-corrected chi connectivity index (χ3v) is 5.54. The Morgan fingerprint density at radius 1 is 1.30 bits per heavy atom. The molecule has 0 aliphatic heterocycles. The molecular formula is C20H25N5O2. The largest absolute Gasteiger partial charge is 0.480 e. The third kappa shape index (κ3) is 3.78. The predicted octanol–water partition coefficient (Wildman–Crippen LogP) is 2.38. The molecule has 1 fully saturated rings. The van der Waals surface area contributed by atoms with Gasteiger partial charge < -0.3 is 10.4 Å². The Hall–Kier alpha value is -2.54. The van der Waals surface area contributed by atoms with Crippen LogP contribution < -0.4 is 5.32 Å². The predicted molar refractivity (Wildman–Crippen MR) is 103 cm³/mol. The van der Waals surface area contributed by atoms with E-state index in [0.717, 1.165) is 55.9 Å². The summed E-state index contributed by atoms with van der Waals surface area (Å²) in [5.74, 6) is 0.848. The molecule has 2 aliphatic carbocycles. The molecule has 27 heavy (non-hydrogen) atoms. The number of aromatic nitrogens is 3. The van der Waals surface area contributed by atoms with E-state index in [1.807, 2.05) is 30.0 Å². The monoisotopic (exact) mass is 367 g/mol. The van der Waals surface area contributed by atoms with Crippen LogP contribution in [0.1, 0.15) is 37.4 Å². The third-order valence-electron chi connectivity index (χ3n) is 5.54. The number of likely N-dealkylation sites (N-methyl/N-ethyl adjacent to an activating group) is 1. The van der Waals surface area contributed by atoms with Gasteiger partial charge in [-0.3, -0.25) is 14.7 Å². The van der Waals surface area contributed by atoms with Gasteiger partial charge in [-0.05, 0) is 50.8 Å². The van der Waals surface area contributed by atoms with E-state index in [2.05, 4.69) is 10.3 Å². The molecule has 142 valence electrons. The number of nitrogens with zero attached hydrogens (tertiary/aromatic N) is 4. The smallest absolute Gasteiger partial charge is 0.317 e. The second-order valence-electron chi connectivity index (χ2n) is 7.31. The van der Waals surface area contributed by atoms with Crippen molar-refractivity contribution < 1.29 is 9.90 Å². The van der Waals surface area contributed by atoms with Crippen molar-refractivity contribution in [1.29, 1.82) is 0 Å². The summed E-state index contributed by atoms with van der Waals surface area (Å²) in [4.78, 5) is 26.9. The molecule has 7 heteroatoms. The number of anilines is 1. The van der Waals surface area contributed by atoms with Crippen LogP contribution in [0, 0.1) is 0 Å². The molecule has 4 rings (SSSR count). The Labute approximate surface area is 158 Å². The summed E-state index contributed by atoms with van der Waals surface area (Å²) in [5.41, 5.74) is 3.15. The Morgan fingerprint density at radius 3 is 2.85 bits per heavy atom. The van der Waals surface area contributed by atoms with Gasteiger partial charge in [0.2, 0.25) is 0 Å². The number of nitrogens with one attached hydrogen (secondary N) is 1. The first-order valence-corrected chi connectivity index (χ1v) is 9.67. The number of aryl methyl sites for hydroxylation is 1. The summed E-state index contributed by atoms with van der Waals surface area (Å²) in [6.45, 7) is 2.89. The highest BCUT2D eigenvalue weighted by Crippen LogP contribution is 2.33. The van der Waals surface area contributed by atoms with E-state index in [-0.39, 0.29) is 6.54 Å². The van der Waals surface area contributed by atoms with Crippen LogP contribution >= 0.6 is 0 Å². The van der Waals surface area contributed by atoms with Gasteiger partial charge in [0.05, 0.1) is 6.54 Å². The normalized spacial score (nSPS) is 21.0. The van der Waals surface area contributed by atoms with Gasteiger partial charge in [0.15, 0.2) is 5.82 Å². The van der Waals surface area contributed by atoms with E-state index < -0.39 is 5.97 Å². The van der Waals surface area contributed by atoms with Gasteiger partial charge in [-0.1, -0.05) is 13.0 Å². The lowest BCUT2D eigenvalue weighted by Gasteiger charge is -2.42. The topological polar surface area (TPSA) is 91.2 Å². The van der Waals surface area contributed by atoms with Crippen molar-refractivity contribution in [2.45, 2.75) is 51.1 Å². The number of aliphatic carboxylic acids is 1. The van der Waals surface area contributed by atoms with Crippen molar-refractivity contribution in [3.8, 4) is 11.5 Å². The minimum absolute atomic E-state index is 0.112. The highest BCUT2D eigenvalue weighted by atomic mass is 16.4. The highest BCUT2D eigenvalue weighted by Gasteiger charge is 2.35. The van der Waals surface area contributed by atoms with Crippen LogP contribution in [0.3, 0.4) is 0 Å². The maximum absolute atomic E-state index is 11.0. The van der Waals surface area contributed by atoms with Crippen LogP contribution in [0.15, 0.2) is 24.4 Å². The lowest BCUT2D eigenvalue weighted by atomic mass is 9.85. The molecule has 0 bridgehead atoms. The average molecular weight is 367 g/mol. The molecule has 0 spiro atoms. The minimum atomic E-state index is -0.762. The lowest BCUT2D eigenvalue weighted by molar-refractivity contribution is -0.139. The van der Waals surface area contributed by atoms with Gasteiger partial charge in [0.25, 0.3) is 0 Å². The van der Waals surface area contributed by atoms with E-state index in [4.69, 9.17) is 15.1 Å². The number of carboxylic acids is 1. The van der Waals surface area contributed by atoms with E-state index in [9.17, 15) is 4.79 Å². The zero-order valence-corrected chi connectivity index (χ0v) is 15.6. The quantitative estimate of drug-likeness (QED) is 0.776. The van der Waals surface area contributed by atoms with Crippen LogP contribution in [0.4, 0.5) is 5.82 Å². The lowest BCUT2D eigenvalue weighted by Crippen LogP contribution is -2.51. The average Bonchev–Trinajstić information content (AvgIpc) is 3.12. The number of hydrogen-bond donors (Lipinski definition) is 2. The number of rotatable bonds is 7. The first-order chi connectivity index (χ1) is 13.1. The molecule has 0 aromatic carbocycles. The highest BCUT2D eigenvalue weighted by molar-refractivity contribution is 5.69. The van der Waals surface area contributed by atoms with Crippen molar-refractivity contribution in [2.24, 2.45) is 0 Å². The van der Waals surface area contributed by atoms with E-state index >= 15 is 0 Å². The summed E-state index contributed by atoms with van der Waals surface area (Å²) in [6, 6.07) is 6.43. The van der Waals surface area contributed by atoms with Gasteiger partial charge in [-0.15, -0.1) is 0 Å². The summed E-state index contributed by atoms with van der Waals surface area (Å²) >= 11 is 0. The minimum Gasteiger partial charge on any atom is -0.480 e. The first kappa shape index (κ1) is 17.9. The molecule has 0 radical (unpaired) electrons. The van der Waals surface area contributed by atoms with Crippen molar-refractivity contribution >= 4 is 11.8 Å². The summed E-state index contributed by atoms with van der Waals surface area (Å²) in [5, 5.41) is 12.6. The molecule has 2 aromatic heterocycles. The summed E-state index contributed by atoms with van der Waals surface area (Å²) in [7, 11) is 0. The standard InChI is InChI=1S/C20H25N5O2/c1-2-25(12-18(26)27)14-10-13(11-14)22-19-15-6-5-8-16(15)23-20(24-19)17-7-3-4-9-21-17/h3-4,7,9,13-14H,2,5-6,8,10-12H2,1H3,(H,26,27)(H,22,23,24). The first-order valence-electron chi connectivity index (χ1n) is 9.67. The molecule has 2 aliphatic rings. The van der Waals surface area contributed by atoms with Gasteiger partial charge in [0, 0.05) is 29.5 Å². The van der Waals surface area contributed by atoms with Crippen LogP contribution in [-0.4, -0.2) is 56.1 Å². The van der Waals surface area contributed by atoms with E-state index in [1.165, 1.54) is 5.56 Å². The van der Waals surface area contributed by atoms with Gasteiger partial charge in [0.1, 0.15) is 11.5 Å². The number of carboxylic acid groups (broad SMARTS) is 1. The van der Waals surface area contributed by atoms with Crippen LogP contribution in [-0.2, 0) is 17.6 Å². The zero-order valence-electron chi connectivity index (χ0n) is 15.6. The molecule has 0 atom stereocenters. The Morgan fingerprint density at radius 2 is 2.15 bits per heavy atom. The van der Waals surface area contributed by atoms with Gasteiger partial charge in [-0.2, -0.15) is 0 Å². The molecular weight excluding hydrogens is 342 g/mol. The zero-order chi connectivity index (χ0) is 18.8. The number of pyridine rings is 1. The van der Waals surface area contributed by atoms with E-state index in [0.29, 0.717) is 17.9 Å². The van der Waals surface area contributed by atoms with Crippen LogP contribution in [0.2, 0.25) is 0 Å². The summed E-state index contributed by atoms with van der Waals surface area (Å²) < 4.78 is 0. The van der Waals surface area contributed by atoms with Crippen LogP contribution in [0.5, 0.6) is 0 Å². The van der Waals surface area contributed by atoms with Crippen molar-refractivity contribution in [1.82, 2.24) is 19.9 Å². The van der Waals surface area contributed by atoms with Crippen molar-refractivity contribution in [3.63, 3.8) is 0 Å². The number of carbonyl (C=O) groups is 1. The van der Waals surface area contributed by atoms with Crippen LogP contribution in [0.25, 0.3) is 11.5 Å². The van der Waals surface area contributed by atoms with Crippen molar-refractivity contribution in [3.05, 3.63) is 35.7 Å². The Kier molecular flexibility index (Phi) is 5.03.